The predicted molar refractivity (Wildman–Crippen MR) is 238 cm³/mol. The first kappa shape index (κ1) is 42.3. The Hall–Kier alpha value is -7.81. The molecule has 5 heterocycles. The van der Waals surface area contributed by atoms with Crippen LogP contribution in [0.2, 0.25) is 5.02 Å². The molecule has 1 atom stereocenters. The van der Waals surface area contributed by atoms with Gasteiger partial charge in [-0.1, -0.05) is 72.3 Å². The highest BCUT2D eigenvalue weighted by atomic mass is 35.5. The largest absolute Gasteiger partial charge is 0.465 e. The molecule has 4 aromatic heterocycles. The van der Waals surface area contributed by atoms with Crippen molar-refractivity contribution in [1.82, 2.24) is 35.2 Å². The third-order valence-corrected chi connectivity index (χ3v) is 11.3. The second kappa shape index (κ2) is 18.2. The number of carbonyl (C=O) groups is 2. The Kier molecular flexibility index (Phi) is 12.4. The number of esters is 1. The molecule has 5 N–H and O–H groups in total. The molecular weight excluding hydrogens is 830 g/mol. The molecule has 0 spiro atoms. The summed E-state index contributed by atoms with van der Waals surface area (Å²) in [6.45, 7) is 6.06. The van der Waals surface area contributed by atoms with Gasteiger partial charge in [-0.3, -0.25) is 23.9 Å². The lowest BCUT2D eigenvalue weighted by Gasteiger charge is -2.13. The van der Waals surface area contributed by atoms with Crippen molar-refractivity contribution in [3.05, 3.63) is 167 Å². The Labute approximate surface area is 361 Å². The molecule has 310 valence electrons. The van der Waals surface area contributed by atoms with Crippen LogP contribution in [0, 0.1) is 32.1 Å². The van der Waals surface area contributed by atoms with Crippen molar-refractivity contribution >= 4 is 73.7 Å². The van der Waals surface area contributed by atoms with Crippen LogP contribution in [-0.2, 0) is 9.53 Å². The van der Waals surface area contributed by atoms with Gasteiger partial charge >= 0.3 is 5.97 Å². The Morgan fingerprint density at radius 1 is 0.871 bits per heavy atom. The number of aliphatic imine (C=N–C) groups is 1. The van der Waals surface area contributed by atoms with Gasteiger partial charge in [-0.25, -0.2) is 15.0 Å². The molecule has 0 fully saturated rings. The minimum atomic E-state index is -0.616. The Morgan fingerprint density at radius 2 is 1.48 bits per heavy atom. The zero-order valence-corrected chi connectivity index (χ0v) is 35.1. The van der Waals surface area contributed by atoms with Crippen molar-refractivity contribution in [2.24, 2.45) is 4.99 Å². The standard InChI is InChI=1S/C27H22ClN7O2S.C9H7NO2.C8H7N3O/c1-13-14(2)38-27-22(13)23(16-8-10-17(28)11-9-16)29-20(25-33-31-15(3)35(25)27)12-21(36)30-24-18-6-4-5-7-19(18)26(37)34-32-24;1-12-9(11)8-5-3-2-4-7(8)6-10;9-7-5-3-1-2-4-6(5)8(12)11-10-7/h4-11,20H,12H2,1-3H3,(H,34,37)(H,30,32,36);2-5H,1H3;1-4H,(H2,9,10)(H,11,12)/t20-;;/m0../s1. The van der Waals surface area contributed by atoms with E-state index in [0.29, 0.717) is 55.2 Å². The van der Waals surface area contributed by atoms with Crippen molar-refractivity contribution in [3.8, 4) is 11.1 Å². The number of methoxy groups -OCH3 is 1. The number of amides is 1. The quantitative estimate of drug-likeness (QED) is 0.130. The van der Waals surface area contributed by atoms with Crippen LogP contribution in [0.5, 0.6) is 0 Å². The van der Waals surface area contributed by atoms with E-state index in [1.54, 1.807) is 78.1 Å². The number of nitrogens with one attached hydrogen (secondary N) is 3. The summed E-state index contributed by atoms with van der Waals surface area (Å²) in [5, 5.41) is 36.6. The molecule has 4 aromatic carbocycles. The number of anilines is 2. The maximum Gasteiger partial charge on any atom is 0.339 e. The molecule has 8 aromatic rings. The number of thiophene rings is 1. The fourth-order valence-corrected chi connectivity index (χ4v) is 8.05. The van der Waals surface area contributed by atoms with Gasteiger partial charge in [-0.15, -0.1) is 21.5 Å². The number of fused-ring (bicyclic) bond motifs is 5. The first-order valence-corrected chi connectivity index (χ1v) is 20.0. The Morgan fingerprint density at radius 3 is 2.15 bits per heavy atom. The van der Waals surface area contributed by atoms with Crippen LogP contribution in [0.3, 0.4) is 0 Å². The smallest absolute Gasteiger partial charge is 0.339 e. The highest BCUT2D eigenvalue weighted by molar-refractivity contribution is 7.15. The molecule has 0 saturated heterocycles. The molecule has 0 bridgehead atoms. The van der Waals surface area contributed by atoms with E-state index < -0.39 is 12.0 Å². The van der Waals surface area contributed by atoms with Gasteiger partial charge < -0.3 is 15.8 Å². The maximum absolute atomic E-state index is 13.4. The monoisotopic (exact) mass is 865 g/mol. The molecule has 0 unspecified atom stereocenters. The second-order valence-corrected chi connectivity index (χ2v) is 15.4. The van der Waals surface area contributed by atoms with E-state index in [-0.39, 0.29) is 29.3 Å². The summed E-state index contributed by atoms with van der Waals surface area (Å²) >= 11 is 7.83. The fourth-order valence-electron chi connectivity index (χ4n) is 6.71. The van der Waals surface area contributed by atoms with Crippen molar-refractivity contribution < 1.29 is 14.3 Å². The zero-order chi connectivity index (χ0) is 44.1. The van der Waals surface area contributed by atoms with Crippen LogP contribution in [-0.4, -0.2) is 59.9 Å². The number of aryl methyl sites for hydroxylation is 2. The number of rotatable bonds is 5. The molecule has 16 nitrogen and oxygen atoms in total. The Balaban J connectivity index is 0.000000195. The number of carbonyl (C=O) groups excluding carboxylic acids is 2. The molecule has 62 heavy (non-hydrogen) atoms. The van der Waals surface area contributed by atoms with E-state index in [1.165, 1.54) is 12.0 Å². The van der Waals surface area contributed by atoms with Crippen molar-refractivity contribution in [2.75, 3.05) is 18.2 Å². The molecule has 9 rings (SSSR count). The van der Waals surface area contributed by atoms with Gasteiger partial charge in [0.1, 0.15) is 22.9 Å². The van der Waals surface area contributed by atoms with E-state index in [2.05, 4.69) is 54.5 Å². The number of nitrogens with two attached hydrogens (primary N) is 1. The average molecular weight is 866 g/mol. The number of aromatic nitrogens is 7. The summed E-state index contributed by atoms with van der Waals surface area (Å²) in [5.74, 6) is 1.14. The number of aromatic amines is 2. The summed E-state index contributed by atoms with van der Waals surface area (Å²) in [6, 6.07) is 29.4. The molecule has 0 radical (unpaired) electrons. The number of halogens is 1. The van der Waals surface area contributed by atoms with E-state index in [4.69, 9.17) is 27.6 Å². The summed E-state index contributed by atoms with van der Waals surface area (Å²) in [6.07, 6.45) is -0.00265. The molecule has 1 aliphatic heterocycles. The second-order valence-electron chi connectivity index (χ2n) is 13.7. The fraction of sp³-hybridized carbons (Fsp3) is 0.136. The van der Waals surface area contributed by atoms with Crippen LogP contribution in [0.1, 0.15) is 61.6 Å². The number of hydrogen-bond acceptors (Lipinski definition) is 13. The van der Waals surface area contributed by atoms with E-state index in [1.807, 2.05) is 47.9 Å². The highest BCUT2D eigenvalue weighted by Crippen LogP contribution is 2.39. The van der Waals surface area contributed by atoms with E-state index >= 15 is 0 Å². The van der Waals surface area contributed by atoms with Crippen molar-refractivity contribution in [3.63, 3.8) is 0 Å². The number of hydrogen-bond donors (Lipinski definition) is 4. The van der Waals surface area contributed by atoms with E-state index in [9.17, 15) is 19.2 Å². The third kappa shape index (κ3) is 8.59. The number of benzene rings is 4. The minimum absolute atomic E-state index is 0.00265. The van der Waals surface area contributed by atoms with Crippen molar-refractivity contribution in [2.45, 2.75) is 33.2 Å². The van der Waals surface area contributed by atoms with Crippen LogP contribution in [0.25, 0.3) is 26.5 Å². The number of nitrogens with zero attached hydrogens (tertiary/aromatic N) is 7. The van der Waals surface area contributed by atoms with Crippen LogP contribution in [0.4, 0.5) is 11.6 Å². The Bertz CT molecular complexity index is 3200. The van der Waals surface area contributed by atoms with Crippen LogP contribution >= 0.6 is 22.9 Å². The number of nitrogen functional groups attached to an aromatic ring is 1. The van der Waals surface area contributed by atoms with Gasteiger partial charge in [0, 0.05) is 31.8 Å². The highest BCUT2D eigenvalue weighted by Gasteiger charge is 2.32. The first-order valence-electron chi connectivity index (χ1n) is 18.8. The van der Waals surface area contributed by atoms with E-state index in [0.717, 1.165) is 27.4 Å². The molecule has 18 heteroatoms. The summed E-state index contributed by atoms with van der Waals surface area (Å²) in [4.78, 5) is 54.0. The van der Waals surface area contributed by atoms with Gasteiger partial charge in [0.05, 0.1) is 41.1 Å². The molecule has 0 aliphatic carbocycles. The number of nitriles is 1. The van der Waals surface area contributed by atoms with Gasteiger partial charge in [-0.2, -0.15) is 15.5 Å². The molecule has 0 saturated carbocycles. The van der Waals surface area contributed by atoms with Crippen LogP contribution in [0.15, 0.2) is 112 Å². The predicted octanol–water partition coefficient (Wildman–Crippen LogP) is 6.92. The molecule has 1 aliphatic rings. The number of H-pyrrole nitrogens is 2. The lowest BCUT2D eigenvalue weighted by atomic mass is 9.99. The van der Waals surface area contributed by atoms with Gasteiger partial charge in [0.15, 0.2) is 17.5 Å². The lowest BCUT2D eigenvalue weighted by Crippen LogP contribution is -2.20. The topological polar surface area (TPSA) is 240 Å². The average Bonchev–Trinajstić information content (AvgIpc) is 3.77. The molecular formula is C44H36ClN11O5S. The van der Waals surface area contributed by atoms with Gasteiger partial charge in [0.25, 0.3) is 11.1 Å². The summed E-state index contributed by atoms with van der Waals surface area (Å²) in [7, 11) is 1.29. The SMILES string of the molecule is COC(=O)c1ccccc1C#N.Cc1sc2c(c1C)C(c1ccc(Cl)cc1)=N[C@@H](CC(=O)Nc1n[nH]c(=O)c3ccccc13)c1nnc(C)n1-2.Nc1n[nH]c(=O)c2ccccc12. The summed E-state index contributed by atoms with van der Waals surface area (Å²) < 4.78 is 6.49. The van der Waals surface area contributed by atoms with Crippen molar-refractivity contribution in [1.29, 1.82) is 5.26 Å². The lowest BCUT2D eigenvalue weighted by molar-refractivity contribution is -0.116. The van der Waals surface area contributed by atoms with Gasteiger partial charge in [-0.05, 0) is 62.7 Å². The third-order valence-electron chi connectivity index (χ3n) is 9.87. The molecule has 1 amide bonds. The first-order chi connectivity index (χ1) is 29.9. The maximum atomic E-state index is 13.4. The minimum Gasteiger partial charge on any atom is -0.465 e. The zero-order valence-electron chi connectivity index (χ0n) is 33.6. The summed E-state index contributed by atoms with van der Waals surface area (Å²) in [5.41, 5.74) is 9.44. The van der Waals surface area contributed by atoms with Gasteiger partial charge in [0.2, 0.25) is 5.91 Å². The van der Waals surface area contributed by atoms with Crippen LogP contribution < -0.4 is 22.2 Å². The normalized spacial score (nSPS) is 12.6. The number of ether oxygens (including phenoxy) is 1.